The Morgan fingerprint density at radius 2 is 2.16 bits per heavy atom. The Morgan fingerprint density at radius 1 is 1.42 bits per heavy atom. The molecule has 102 valence electrons. The van der Waals surface area contributed by atoms with E-state index in [-0.39, 0.29) is 4.90 Å². The standard InChI is InChI=1S/C11H13N3O3S2/c1-7-6-18-11(13-7)14-19(15,16)8-3-4-9(12)10(5-8)17-2/h3-6H,12H2,1-2H3,(H,13,14). The number of hydrogen-bond donors (Lipinski definition) is 2. The number of ether oxygens (including phenoxy) is 1. The molecule has 0 saturated carbocycles. The summed E-state index contributed by atoms with van der Waals surface area (Å²) in [5.74, 6) is 0.318. The minimum atomic E-state index is -3.69. The maximum atomic E-state index is 12.1. The highest BCUT2D eigenvalue weighted by atomic mass is 32.2. The summed E-state index contributed by atoms with van der Waals surface area (Å²) in [7, 11) is -2.26. The van der Waals surface area contributed by atoms with Crippen molar-refractivity contribution < 1.29 is 13.2 Å². The van der Waals surface area contributed by atoms with Crippen molar-refractivity contribution in [3.05, 3.63) is 29.3 Å². The molecule has 2 rings (SSSR count). The first-order valence-corrected chi connectivity index (χ1v) is 7.67. The normalized spacial score (nSPS) is 11.3. The quantitative estimate of drug-likeness (QED) is 0.840. The molecule has 0 amide bonds. The molecular formula is C11H13N3O3S2. The summed E-state index contributed by atoms with van der Waals surface area (Å²) < 4.78 is 31.7. The van der Waals surface area contributed by atoms with Crippen LogP contribution in [0.1, 0.15) is 5.69 Å². The summed E-state index contributed by atoms with van der Waals surface area (Å²) in [4.78, 5) is 4.13. The maximum absolute atomic E-state index is 12.1. The molecule has 0 aliphatic rings. The highest BCUT2D eigenvalue weighted by Gasteiger charge is 2.17. The van der Waals surface area contributed by atoms with E-state index in [1.807, 2.05) is 0 Å². The second kappa shape index (κ2) is 5.06. The van der Waals surface area contributed by atoms with Gasteiger partial charge in [0.25, 0.3) is 10.0 Å². The van der Waals surface area contributed by atoms with E-state index in [4.69, 9.17) is 10.5 Å². The van der Waals surface area contributed by atoms with Crippen molar-refractivity contribution in [2.24, 2.45) is 0 Å². The van der Waals surface area contributed by atoms with Gasteiger partial charge in [-0.1, -0.05) is 0 Å². The monoisotopic (exact) mass is 299 g/mol. The smallest absolute Gasteiger partial charge is 0.263 e. The Morgan fingerprint density at radius 3 is 2.74 bits per heavy atom. The third-order valence-corrected chi connectivity index (χ3v) is 4.70. The SMILES string of the molecule is COc1cc(S(=O)(=O)Nc2nc(C)cs2)ccc1N. The lowest BCUT2D eigenvalue weighted by molar-refractivity contribution is 0.415. The zero-order chi connectivity index (χ0) is 14.0. The number of anilines is 2. The highest BCUT2D eigenvalue weighted by molar-refractivity contribution is 7.93. The molecule has 1 aromatic heterocycles. The van der Waals surface area contributed by atoms with Crippen molar-refractivity contribution in [2.75, 3.05) is 17.6 Å². The van der Waals surface area contributed by atoms with Crippen molar-refractivity contribution in [1.82, 2.24) is 4.98 Å². The van der Waals surface area contributed by atoms with E-state index >= 15 is 0 Å². The van der Waals surface area contributed by atoms with Crippen LogP contribution in [0.5, 0.6) is 5.75 Å². The predicted molar refractivity (Wildman–Crippen MR) is 75.1 cm³/mol. The Labute approximate surface area is 115 Å². The third kappa shape index (κ3) is 2.96. The van der Waals surface area contributed by atoms with Crippen LogP contribution in [-0.4, -0.2) is 20.5 Å². The number of nitrogens with one attached hydrogen (secondary N) is 1. The number of nitrogen functional groups attached to an aromatic ring is 1. The molecule has 0 atom stereocenters. The van der Waals surface area contributed by atoms with Gasteiger partial charge in [0.15, 0.2) is 5.13 Å². The van der Waals surface area contributed by atoms with Crippen LogP contribution in [0.2, 0.25) is 0 Å². The zero-order valence-corrected chi connectivity index (χ0v) is 12.0. The van der Waals surface area contributed by atoms with Crippen molar-refractivity contribution in [3.8, 4) is 5.75 Å². The second-order valence-electron chi connectivity index (χ2n) is 3.80. The Balaban J connectivity index is 2.34. The van der Waals surface area contributed by atoms with E-state index in [0.717, 1.165) is 5.69 Å². The van der Waals surface area contributed by atoms with Crippen LogP contribution in [0.15, 0.2) is 28.5 Å². The number of sulfonamides is 1. The van der Waals surface area contributed by atoms with Gasteiger partial charge in [-0.05, 0) is 19.1 Å². The molecule has 0 aliphatic heterocycles. The lowest BCUT2D eigenvalue weighted by Crippen LogP contribution is -2.13. The number of thiazole rings is 1. The molecule has 19 heavy (non-hydrogen) atoms. The van der Waals surface area contributed by atoms with E-state index in [9.17, 15) is 8.42 Å². The molecule has 0 aliphatic carbocycles. The van der Waals surface area contributed by atoms with Crippen molar-refractivity contribution in [1.29, 1.82) is 0 Å². The van der Waals surface area contributed by atoms with E-state index in [1.54, 1.807) is 12.3 Å². The predicted octanol–water partition coefficient (Wildman–Crippen LogP) is 1.84. The van der Waals surface area contributed by atoms with Crippen LogP contribution < -0.4 is 15.2 Å². The molecular weight excluding hydrogens is 286 g/mol. The second-order valence-corrected chi connectivity index (χ2v) is 6.34. The van der Waals surface area contributed by atoms with E-state index in [0.29, 0.717) is 16.6 Å². The van der Waals surface area contributed by atoms with Crippen LogP contribution >= 0.6 is 11.3 Å². The average molecular weight is 299 g/mol. The fourth-order valence-corrected chi connectivity index (χ4v) is 3.39. The van der Waals surface area contributed by atoms with Crippen molar-refractivity contribution in [3.63, 3.8) is 0 Å². The van der Waals surface area contributed by atoms with Crippen molar-refractivity contribution >= 4 is 32.2 Å². The fourth-order valence-electron chi connectivity index (χ4n) is 1.43. The summed E-state index contributed by atoms with van der Waals surface area (Å²) >= 11 is 1.23. The van der Waals surface area contributed by atoms with Gasteiger partial charge < -0.3 is 10.5 Å². The Bertz CT molecular complexity index is 695. The number of methoxy groups -OCH3 is 1. The van der Waals surface area contributed by atoms with Crippen LogP contribution in [0.4, 0.5) is 10.8 Å². The first-order valence-electron chi connectivity index (χ1n) is 5.31. The number of aromatic nitrogens is 1. The van der Waals surface area contributed by atoms with Crippen LogP contribution in [0, 0.1) is 6.92 Å². The van der Waals surface area contributed by atoms with Gasteiger partial charge >= 0.3 is 0 Å². The van der Waals surface area contributed by atoms with Gasteiger partial charge in [0.2, 0.25) is 0 Å². The van der Waals surface area contributed by atoms with Gasteiger partial charge in [0, 0.05) is 11.4 Å². The number of aryl methyl sites for hydroxylation is 1. The molecule has 1 heterocycles. The minimum Gasteiger partial charge on any atom is -0.495 e. The van der Waals surface area contributed by atoms with Gasteiger partial charge in [0.1, 0.15) is 5.75 Å². The van der Waals surface area contributed by atoms with Gasteiger partial charge in [-0.25, -0.2) is 13.4 Å². The van der Waals surface area contributed by atoms with E-state index < -0.39 is 10.0 Å². The summed E-state index contributed by atoms with van der Waals surface area (Å²) in [6.45, 7) is 1.79. The molecule has 0 saturated heterocycles. The number of nitrogens with zero attached hydrogens (tertiary/aromatic N) is 1. The highest BCUT2D eigenvalue weighted by Crippen LogP contribution is 2.26. The largest absolute Gasteiger partial charge is 0.495 e. The van der Waals surface area contributed by atoms with Crippen LogP contribution in [0.3, 0.4) is 0 Å². The fraction of sp³-hybridized carbons (Fsp3) is 0.182. The first-order chi connectivity index (χ1) is 8.92. The number of hydrogen-bond acceptors (Lipinski definition) is 6. The lowest BCUT2D eigenvalue weighted by atomic mass is 10.3. The summed E-state index contributed by atoms with van der Waals surface area (Å²) in [5.41, 5.74) is 6.79. The summed E-state index contributed by atoms with van der Waals surface area (Å²) in [5, 5.41) is 2.09. The number of nitrogens with two attached hydrogens (primary N) is 1. The molecule has 0 radical (unpaired) electrons. The average Bonchev–Trinajstić information content (AvgIpc) is 2.74. The topological polar surface area (TPSA) is 94.3 Å². The Hall–Kier alpha value is -1.80. The molecule has 0 bridgehead atoms. The van der Waals surface area contributed by atoms with Gasteiger partial charge in [0.05, 0.1) is 23.4 Å². The van der Waals surface area contributed by atoms with Gasteiger partial charge in [-0.2, -0.15) is 0 Å². The molecule has 8 heteroatoms. The van der Waals surface area contributed by atoms with E-state index in [1.165, 1.54) is 36.6 Å². The minimum absolute atomic E-state index is 0.0754. The van der Waals surface area contributed by atoms with E-state index in [2.05, 4.69) is 9.71 Å². The molecule has 0 unspecified atom stereocenters. The third-order valence-electron chi connectivity index (χ3n) is 2.36. The molecule has 2 aromatic rings. The van der Waals surface area contributed by atoms with Gasteiger partial charge in [-0.3, -0.25) is 4.72 Å². The number of rotatable bonds is 4. The maximum Gasteiger partial charge on any atom is 0.263 e. The summed E-state index contributed by atoms with van der Waals surface area (Å²) in [6, 6.07) is 4.28. The first kappa shape index (κ1) is 13.6. The van der Waals surface area contributed by atoms with Gasteiger partial charge in [-0.15, -0.1) is 11.3 Å². The van der Waals surface area contributed by atoms with Crippen LogP contribution in [0.25, 0.3) is 0 Å². The summed E-state index contributed by atoms with van der Waals surface area (Å²) in [6.07, 6.45) is 0. The lowest BCUT2D eigenvalue weighted by Gasteiger charge is -2.08. The van der Waals surface area contributed by atoms with Crippen LogP contribution in [-0.2, 0) is 10.0 Å². The Kier molecular flexibility index (Phi) is 3.63. The molecule has 3 N–H and O–H groups in total. The molecule has 0 fully saturated rings. The molecule has 6 nitrogen and oxygen atoms in total. The molecule has 0 spiro atoms. The molecule has 1 aromatic carbocycles. The van der Waals surface area contributed by atoms with Crippen molar-refractivity contribution in [2.45, 2.75) is 11.8 Å². The number of benzene rings is 1. The zero-order valence-electron chi connectivity index (χ0n) is 10.4.